The van der Waals surface area contributed by atoms with Crippen molar-refractivity contribution in [1.82, 2.24) is 4.90 Å². The number of aryl methyl sites for hydroxylation is 1. The van der Waals surface area contributed by atoms with Crippen LogP contribution in [0.25, 0.3) is 0 Å². The second-order valence-corrected chi connectivity index (χ2v) is 5.64. The summed E-state index contributed by atoms with van der Waals surface area (Å²) in [7, 11) is 1.64. The van der Waals surface area contributed by atoms with Crippen molar-refractivity contribution >= 4 is 23.5 Å². The Bertz CT molecular complexity index is 545. The third-order valence-electron chi connectivity index (χ3n) is 3.63. The van der Waals surface area contributed by atoms with E-state index in [1.165, 1.54) is 4.90 Å². The van der Waals surface area contributed by atoms with Crippen molar-refractivity contribution < 1.29 is 14.3 Å². The lowest BCUT2D eigenvalue weighted by atomic mass is 10.0. The molecule has 0 radical (unpaired) electrons. The molecule has 1 atom stereocenters. The Balaban J connectivity index is 2.79. The monoisotopic (exact) mass is 337 g/mol. The van der Waals surface area contributed by atoms with E-state index in [1.807, 2.05) is 24.3 Å². The molecule has 0 fully saturated rings. The van der Waals surface area contributed by atoms with E-state index in [1.54, 1.807) is 20.0 Å². The van der Waals surface area contributed by atoms with E-state index in [4.69, 9.17) is 16.3 Å². The normalized spacial score (nSPS) is 11.6. The lowest BCUT2D eigenvalue weighted by Gasteiger charge is -2.26. The molecule has 5 heteroatoms. The van der Waals surface area contributed by atoms with Gasteiger partial charge in [-0.2, -0.15) is 0 Å². The summed E-state index contributed by atoms with van der Waals surface area (Å²) in [6.45, 7) is 5.65. The topological polar surface area (TPSA) is 46.6 Å². The number of benzene rings is 1. The predicted molar refractivity (Wildman–Crippen MR) is 92.4 cm³/mol. The van der Waals surface area contributed by atoms with Gasteiger partial charge in [0.25, 0.3) is 0 Å². The lowest BCUT2D eigenvalue weighted by Crippen LogP contribution is -2.43. The van der Waals surface area contributed by atoms with Crippen molar-refractivity contribution in [2.45, 2.75) is 38.6 Å². The molecule has 0 spiro atoms. The summed E-state index contributed by atoms with van der Waals surface area (Å²) >= 11 is 6.15. The van der Waals surface area contributed by atoms with Crippen LogP contribution in [-0.2, 0) is 20.7 Å². The zero-order valence-corrected chi connectivity index (χ0v) is 14.5. The van der Waals surface area contributed by atoms with E-state index >= 15 is 0 Å². The van der Waals surface area contributed by atoms with Crippen LogP contribution in [0.15, 0.2) is 36.9 Å². The first-order valence-corrected chi connectivity index (χ1v) is 8.15. The quantitative estimate of drug-likeness (QED) is 0.510. The maximum atomic E-state index is 12.2. The molecule has 0 unspecified atom stereocenters. The summed E-state index contributed by atoms with van der Waals surface area (Å²) in [5.74, 6) is -0.476. The van der Waals surface area contributed by atoms with Gasteiger partial charge in [0.15, 0.2) is 0 Å². The molecule has 4 nitrogen and oxygen atoms in total. The van der Waals surface area contributed by atoms with Crippen LogP contribution in [0.3, 0.4) is 0 Å². The van der Waals surface area contributed by atoms with Crippen LogP contribution in [0, 0.1) is 0 Å². The van der Waals surface area contributed by atoms with Gasteiger partial charge in [0.1, 0.15) is 6.04 Å². The van der Waals surface area contributed by atoms with Gasteiger partial charge in [-0.3, -0.25) is 4.79 Å². The van der Waals surface area contributed by atoms with E-state index < -0.39 is 6.04 Å². The molecule has 0 heterocycles. The van der Waals surface area contributed by atoms with E-state index in [2.05, 4.69) is 6.58 Å². The number of ether oxygens (including phenoxy) is 1. The lowest BCUT2D eigenvalue weighted by molar-refractivity contribution is -0.154. The van der Waals surface area contributed by atoms with Crippen molar-refractivity contribution in [2.75, 3.05) is 13.7 Å². The van der Waals surface area contributed by atoms with Crippen LogP contribution in [0.1, 0.15) is 31.7 Å². The van der Waals surface area contributed by atoms with Crippen molar-refractivity contribution in [3.63, 3.8) is 0 Å². The van der Waals surface area contributed by atoms with Crippen LogP contribution in [0.4, 0.5) is 0 Å². The second kappa shape index (κ2) is 10.1. The molecule has 1 aromatic carbocycles. The predicted octanol–water partition coefficient (Wildman–Crippen LogP) is 3.63. The molecule has 23 heavy (non-hydrogen) atoms. The fourth-order valence-electron chi connectivity index (χ4n) is 2.28. The van der Waals surface area contributed by atoms with Gasteiger partial charge < -0.3 is 9.64 Å². The Morgan fingerprint density at radius 1 is 1.39 bits per heavy atom. The van der Waals surface area contributed by atoms with E-state index in [0.29, 0.717) is 30.7 Å². The summed E-state index contributed by atoms with van der Waals surface area (Å²) < 4.78 is 5.11. The van der Waals surface area contributed by atoms with Gasteiger partial charge in [-0.05, 0) is 37.8 Å². The van der Waals surface area contributed by atoms with Gasteiger partial charge in [0.2, 0.25) is 5.91 Å². The van der Waals surface area contributed by atoms with E-state index in [-0.39, 0.29) is 18.5 Å². The Hall–Kier alpha value is -1.81. The number of amides is 1. The summed E-state index contributed by atoms with van der Waals surface area (Å²) in [5.41, 5.74) is 0.954. The highest BCUT2D eigenvalue weighted by atomic mass is 35.5. The molecule has 0 aliphatic heterocycles. The highest BCUT2D eigenvalue weighted by molar-refractivity contribution is 6.31. The zero-order valence-electron chi connectivity index (χ0n) is 13.8. The van der Waals surface area contributed by atoms with Crippen LogP contribution < -0.4 is 0 Å². The molecule has 1 amide bonds. The summed E-state index contributed by atoms with van der Waals surface area (Å²) in [6, 6.07) is 6.89. The van der Waals surface area contributed by atoms with Crippen molar-refractivity contribution in [3.8, 4) is 0 Å². The van der Waals surface area contributed by atoms with Crippen LogP contribution >= 0.6 is 11.6 Å². The SMILES string of the molecule is C=CCCC(=O)N(C)[C@@H](CCc1ccccc1Cl)C(=O)OCC. The van der Waals surface area contributed by atoms with Crippen LogP contribution in [0.5, 0.6) is 0 Å². The first-order chi connectivity index (χ1) is 11.0. The van der Waals surface area contributed by atoms with Gasteiger partial charge in [-0.1, -0.05) is 35.9 Å². The average molecular weight is 338 g/mol. The Labute approximate surface area is 143 Å². The number of esters is 1. The largest absolute Gasteiger partial charge is 0.464 e. The average Bonchev–Trinajstić information content (AvgIpc) is 2.54. The minimum Gasteiger partial charge on any atom is -0.464 e. The first-order valence-electron chi connectivity index (χ1n) is 7.77. The number of halogens is 1. The zero-order chi connectivity index (χ0) is 17.2. The van der Waals surface area contributed by atoms with Gasteiger partial charge in [0.05, 0.1) is 6.61 Å². The third-order valence-corrected chi connectivity index (χ3v) is 4.00. The summed E-state index contributed by atoms with van der Waals surface area (Å²) in [4.78, 5) is 25.8. The molecule has 0 aromatic heterocycles. The first kappa shape index (κ1) is 19.2. The van der Waals surface area contributed by atoms with Gasteiger partial charge in [0, 0.05) is 18.5 Å². The molecule has 1 rings (SSSR count). The molecular formula is C18H24ClNO3. The minimum absolute atomic E-state index is 0.0953. The standard InChI is InChI=1S/C18H24ClNO3/c1-4-6-11-17(21)20(3)16(18(22)23-5-2)13-12-14-9-7-8-10-15(14)19/h4,7-10,16H,1,5-6,11-13H2,2-3H3/t16-/m0/s1. The Morgan fingerprint density at radius 2 is 2.09 bits per heavy atom. The number of hydrogen-bond donors (Lipinski definition) is 0. The van der Waals surface area contributed by atoms with Gasteiger partial charge in [-0.15, -0.1) is 6.58 Å². The highest BCUT2D eigenvalue weighted by Crippen LogP contribution is 2.19. The fraction of sp³-hybridized carbons (Fsp3) is 0.444. The number of carbonyl (C=O) groups is 2. The van der Waals surface area contributed by atoms with Crippen molar-refractivity contribution in [2.24, 2.45) is 0 Å². The molecule has 0 aliphatic carbocycles. The van der Waals surface area contributed by atoms with Crippen LogP contribution in [0.2, 0.25) is 5.02 Å². The maximum absolute atomic E-state index is 12.2. The van der Waals surface area contributed by atoms with E-state index in [9.17, 15) is 9.59 Å². The minimum atomic E-state index is -0.608. The molecule has 0 saturated heterocycles. The number of nitrogens with zero attached hydrogens (tertiary/aromatic N) is 1. The number of rotatable bonds is 9. The number of carbonyl (C=O) groups excluding carboxylic acids is 2. The van der Waals surface area contributed by atoms with Crippen molar-refractivity contribution in [3.05, 3.63) is 47.5 Å². The maximum Gasteiger partial charge on any atom is 0.328 e. The molecule has 0 bridgehead atoms. The Kier molecular flexibility index (Phi) is 8.41. The molecule has 0 saturated carbocycles. The number of allylic oxidation sites excluding steroid dienone is 1. The second-order valence-electron chi connectivity index (χ2n) is 5.23. The molecule has 0 N–H and O–H groups in total. The molecule has 126 valence electrons. The Morgan fingerprint density at radius 3 is 2.70 bits per heavy atom. The van der Waals surface area contributed by atoms with Crippen molar-refractivity contribution in [1.29, 1.82) is 0 Å². The van der Waals surface area contributed by atoms with E-state index in [0.717, 1.165) is 5.56 Å². The van der Waals surface area contributed by atoms with Crippen LogP contribution in [-0.4, -0.2) is 36.5 Å². The highest BCUT2D eigenvalue weighted by Gasteiger charge is 2.27. The summed E-state index contributed by atoms with van der Waals surface area (Å²) in [5, 5.41) is 0.663. The molecular weight excluding hydrogens is 314 g/mol. The smallest absolute Gasteiger partial charge is 0.328 e. The number of likely N-dealkylation sites (N-methyl/N-ethyl adjacent to an activating group) is 1. The number of hydrogen-bond acceptors (Lipinski definition) is 3. The third kappa shape index (κ3) is 6.06. The molecule has 1 aromatic rings. The molecule has 0 aliphatic rings. The van der Waals surface area contributed by atoms with Gasteiger partial charge in [-0.25, -0.2) is 4.79 Å². The fourth-order valence-corrected chi connectivity index (χ4v) is 2.51. The summed E-state index contributed by atoms with van der Waals surface area (Å²) in [6.07, 6.45) is 3.68. The van der Waals surface area contributed by atoms with Gasteiger partial charge >= 0.3 is 5.97 Å².